The quantitative estimate of drug-likeness (QED) is 0.854. The first-order valence-electron chi connectivity index (χ1n) is 7.36. The van der Waals surface area contributed by atoms with Gasteiger partial charge in [-0.15, -0.1) is 0 Å². The maximum Gasteiger partial charge on any atom is 0.243 e. The van der Waals surface area contributed by atoms with E-state index in [0.29, 0.717) is 13.0 Å². The molecule has 0 unspecified atom stereocenters. The van der Waals surface area contributed by atoms with Crippen LogP contribution in [-0.4, -0.2) is 37.5 Å². The summed E-state index contributed by atoms with van der Waals surface area (Å²) in [5.41, 5.74) is 2.02. The van der Waals surface area contributed by atoms with Gasteiger partial charge in [-0.2, -0.15) is 4.31 Å². The van der Waals surface area contributed by atoms with Crippen LogP contribution in [0.4, 0.5) is 0 Å². The Morgan fingerprint density at radius 1 is 0.909 bits per heavy atom. The highest BCUT2D eigenvalue weighted by Gasteiger charge is 2.23. The van der Waals surface area contributed by atoms with Crippen molar-refractivity contribution >= 4 is 10.0 Å². The topological polar surface area (TPSA) is 57.6 Å². The molecule has 2 aromatic rings. The molecule has 0 saturated heterocycles. The molecule has 0 aliphatic rings. The van der Waals surface area contributed by atoms with E-state index in [1.165, 1.54) is 4.31 Å². The third kappa shape index (κ3) is 3.74. The van der Waals surface area contributed by atoms with Crippen LogP contribution >= 0.6 is 0 Å². The van der Waals surface area contributed by atoms with Crippen molar-refractivity contribution in [3.63, 3.8) is 0 Å². The number of aliphatic hydroxyl groups excluding tert-OH is 1. The smallest absolute Gasteiger partial charge is 0.243 e. The maximum atomic E-state index is 12.6. The lowest BCUT2D eigenvalue weighted by molar-refractivity contribution is 0.253. The molecule has 5 heteroatoms. The number of aliphatic hydroxyl groups is 1. The van der Waals surface area contributed by atoms with E-state index in [1.54, 1.807) is 12.1 Å². The second-order valence-corrected chi connectivity index (χ2v) is 6.96. The normalized spacial score (nSPS) is 11.8. The number of rotatable bonds is 7. The molecule has 0 saturated carbocycles. The highest BCUT2D eigenvalue weighted by molar-refractivity contribution is 7.89. The Kier molecular flexibility index (Phi) is 5.71. The molecule has 0 aliphatic carbocycles. The van der Waals surface area contributed by atoms with Crippen LogP contribution in [0.3, 0.4) is 0 Å². The predicted molar refractivity (Wildman–Crippen MR) is 88.0 cm³/mol. The first-order chi connectivity index (χ1) is 10.6. The van der Waals surface area contributed by atoms with Gasteiger partial charge in [-0.3, -0.25) is 0 Å². The van der Waals surface area contributed by atoms with Crippen molar-refractivity contribution in [1.29, 1.82) is 0 Å². The van der Waals surface area contributed by atoms with E-state index in [-0.39, 0.29) is 18.0 Å². The molecule has 0 aromatic heterocycles. The third-order valence-corrected chi connectivity index (χ3v) is 5.33. The second-order valence-electron chi connectivity index (χ2n) is 5.02. The van der Waals surface area contributed by atoms with E-state index in [0.717, 1.165) is 11.1 Å². The summed E-state index contributed by atoms with van der Waals surface area (Å²) in [7, 11) is -3.55. The minimum absolute atomic E-state index is 0.122. The number of sulfonamides is 1. The number of hydrogen-bond donors (Lipinski definition) is 1. The Bertz CT molecular complexity index is 676. The SMILES string of the molecule is CCCN(CCO)S(=O)(=O)c1ccc(-c2ccccc2)cc1. The highest BCUT2D eigenvalue weighted by atomic mass is 32.2. The fourth-order valence-corrected chi connectivity index (χ4v) is 3.84. The molecule has 0 heterocycles. The largest absolute Gasteiger partial charge is 0.395 e. The van der Waals surface area contributed by atoms with Crippen LogP contribution in [0.1, 0.15) is 13.3 Å². The minimum Gasteiger partial charge on any atom is -0.395 e. The van der Waals surface area contributed by atoms with Crippen molar-refractivity contribution in [3.8, 4) is 11.1 Å². The molecule has 0 bridgehead atoms. The lowest BCUT2D eigenvalue weighted by atomic mass is 10.1. The summed E-state index contributed by atoms with van der Waals surface area (Å²) in [6.45, 7) is 2.26. The average molecular weight is 319 g/mol. The average Bonchev–Trinajstić information content (AvgIpc) is 2.55. The van der Waals surface area contributed by atoms with Crippen molar-refractivity contribution in [2.75, 3.05) is 19.7 Å². The molecule has 4 nitrogen and oxygen atoms in total. The van der Waals surface area contributed by atoms with Gasteiger partial charge < -0.3 is 5.11 Å². The number of benzene rings is 2. The first kappa shape index (κ1) is 16.7. The zero-order valence-electron chi connectivity index (χ0n) is 12.6. The molecule has 2 rings (SSSR count). The molecule has 0 aliphatic heterocycles. The number of nitrogens with zero attached hydrogens (tertiary/aromatic N) is 1. The molecule has 0 amide bonds. The summed E-state index contributed by atoms with van der Waals surface area (Å²) >= 11 is 0. The van der Waals surface area contributed by atoms with Crippen molar-refractivity contribution in [3.05, 3.63) is 54.6 Å². The Balaban J connectivity index is 2.29. The van der Waals surface area contributed by atoms with Crippen LogP contribution in [0.25, 0.3) is 11.1 Å². The molecular weight excluding hydrogens is 298 g/mol. The summed E-state index contributed by atoms with van der Waals surface area (Å²) in [6, 6.07) is 16.7. The minimum atomic E-state index is -3.55. The maximum absolute atomic E-state index is 12.6. The van der Waals surface area contributed by atoms with Crippen LogP contribution in [0.2, 0.25) is 0 Å². The van der Waals surface area contributed by atoms with Crippen LogP contribution in [-0.2, 0) is 10.0 Å². The summed E-state index contributed by atoms with van der Waals surface area (Å²) in [4.78, 5) is 0.258. The van der Waals surface area contributed by atoms with Crippen LogP contribution < -0.4 is 0 Å². The van der Waals surface area contributed by atoms with E-state index >= 15 is 0 Å². The van der Waals surface area contributed by atoms with Crippen LogP contribution in [0.15, 0.2) is 59.5 Å². The van der Waals surface area contributed by atoms with Gasteiger partial charge in [0.25, 0.3) is 0 Å². The zero-order valence-corrected chi connectivity index (χ0v) is 13.5. The van der Waals surface area contributed by atoms with Crippen molar-refractivity contribution in [2.24, 2.45) is 0 Å². The number of hydrogen-bond acceptors (Lipinski definition) is 3. The predicted octanol–water partition coefficient (Wildman–Crippen LogP) is 2.75. The van der Waals surface area contributed by atoms with Crippen LogP contribution in [0.5, 0.6) is 0 Å². The monoisotopic (exact) mass is 319 g/mol. The van der Waals surface area contributed by atoms with Gasteiger partial charge in [-0.1, -0.05) is 49.4 Å². The Hall–Kier alpha value is -1.69. The van der Waals surface area contributed by atoms with E-state index in [4.69, 9.17) is 5.11 Å². The Morgan fingerprint density at radius 2 is 1.50 bits per heavy atom. The zero-order chi connectivity index (χ0) is 16.0. The van der Waals surface area contributed by atoms with Gasteiger partial charge in [0.2, 0.25) is 10.0 Å². The molecular formula is C17H21NO3S. The van der Waals surface area contributed by atoms with Gasteiger partial charge in [0.05, 0.1) is 11.5 Å². The molecule has 1 N–H and O–H groups in total. The molecule has 118 valence electrons. The summed E-state index contributed by atoms with van der Waals surface area (Å²) in [6.07, 6.45) is 0.710. The van der Waals surface area contributed by atoms with E-state index in [9.17, 15) is 8.42 Å². The molecule has 0 radical (unpaired) electrons. The lowest BCUT2D eigenvalue weighted by Gasteiger charge is -2.20. The Labute approximate surface area is 132 Å². The van der Waals surface area contributed by atoms with Gasteiger partial charge in [0.15, 0.2) is 0 Å². The Morgan fingerprint density at radius 3 is 2.05 bits per heavy atom. The summed E-state index contributed by atoms with van der Waals surface area (Å²) in [5.74, 6) is 0. The molecule has 0 spiro atoms. The summed E-state index contributed by atoms with van der Waals surface area (Å²) < 4.78 is 26.5. The molecule has 0 fully saturated rings. The van der Waals surface area contributed by atoms with Crippen LogP contribution in [0, 0.1) is 0 Å². The standard InChI is InChI=1S/C17H21NO3S/c1-2-12-18(13-14-19)22(20,21)17-10-8-16(9-11-17)15-6-4-3-5-7-15/h3-11,19H,2,12-14H2,1H3. The van der Waals surface area contributed by atoms with Gasteiger partial charge in [-0.05, 0) is 29.7 Å². The van der Waals surface area contributed by atoms with Crippen molar-refractivity contribution < 1.29 is 13.5 Å². The fourth-order valence-electron chi connectivity index (χ4n) is 2.31. The van der Waals surface area contributed by atoms with E-state index < -0.39 is 10.0 Å². The molecule has 22 heavy (non-hydrogen) atoms. The van der Waals surface area contributed by atoms with E-state index in [1.807, 2.05) is 49.4 Å². The van der Waals surface area contributed by atoms with E-state index in [2.05, 4.69) is 0 Å². The van der Waals surface area contributed by atoms with Crippen molar-refractivity contribution in [2.45, 2.75) is 18.2 Å². The highest BCUT2D eigenvalue weighted by Crippen LogP contribution is 2.22. The van der Waals surface area contributed by atoms with Crippen molar-refractivity contribution in [1.82, 2.24) is 4.31 Å². The fraction of sp³-hybridized carbons (Fsp3) is 0.294. The third-order valence-electron chi connectivity index (χ3n) is 3.42. The molecule has 2 aromatic carbocycles. The van der Waals surface area contributed by atoms with Gasteiger partial charge in [0, 0.05) is 13.1 Å². The second kappa shape index (κ2) is 7.54. The van der Waals surface area contributed by atoms with Gasteiger partial charge in [0.1, 0.15) is 0 Å². The molecule has 0 atom stereocenters. The lowest BCUT2D eigenvalue weighted by Crippen LogP contribution is -2.34. The van der Waals surface area contributed by atoms with Gasteiger partial charge >= 0.3 is 0 Å². The first-order valence-corrected chi connectivity index (χ1v) is 8.80. The van der Waals surface area contributed by atoms with Gasteiger partial charge in [-0.25, -0.2) is 8.42 Å². The summed E-state index contributed by atoms with van der Waals surface area (Å²) in [5, 5.41) is 9.06.